The number of carbonyl (C=O) groups excluding carboxylic acids is 2. The van der Waals surface area contributed by atoms with Gasteiger partial charge < -0.3 is 4.74 Å². The number of para-hydroxylation sites is 1. The fourth-order valence-electron chi connectivity index (χ4n) is 1.06. The Morgan fingerprint density at radius 2 is 1.93 bits per heavy atom. The summed E-state index contributed by atoms with van der Waals surface area (Å²) >= 11 is 5.36. The number of carbonyl (C=O) groups is 2. The molecule has 80 valence electrons. The van der Waals surface area contributed by atoms with Crippen molar-refractivity contribution in [3.8, 4) is 0 Å². The monoisotopic (exact) mass is 227 g/mol. The van der Waals surface area contributed by atoms with Gasteiger partial charge in [0.2, 0.25) is 0 Å². The molecule has 1 aromatic carbocycles. The van der Waals surface area contributed by atoms with Crippen molar-refractivity contribution in [1.29, 1.82) is 0 Å². The summed E-state index contributed by atoms with van der Waals surface area (Å²) in [6, 6.07) is 8.67. The van der Waals surface area contributed by atoms with Gasteiger partial charge in [0.05, 0.1) is 7.11 Å². The topological polar surface area (TPSA) is 46.6 Å². The number of esters is 1. The van der Waals surface area contributed by atoms with E-state index in [4.69, 9.17) is 11.6 Å². The van der Waals surface area contributed by atoms with E-state index in [9.17, 15) is 9.59 Å². The number of halogens is 1. The molecule has 0 unspecified atom stereocenters. The summed E-state index contributed by atoms with van der Waals surface area (Å²) < 4.78 is 4.46. The maximum atomic E-state index is 11.1. The van der Waals surface area contributed by atoms with E-state index in [2.05, 4.69) is 4.74 Å². The average Bonchev–Trinajstić information content (AvgIpc) is 2.26. The predicted octanol–water partition coefficient (Wildman–Crippen LogP) is 2.02. The van der Waals surface area contributed by atoms with Gasteiger partial charge in [-0.25, -0.2) is 0 Å². The van der Waals surface area contributed by atoms with Crippen LogP contribution in [0.5, 0.6) is 0 Å². The number of nitrogens with zero attached hydrogens (tertiary/aromatic N) is 1. The van der Waals surface area contributed by atoms with Gasteiger partial charge in [0, 0.05) is 5.69 Å². The molecular weight excluding hydrogens is 218 g/mol. The van der Waals surface area contributed by atoms with Gasteiger partial charge in [0.25, 0.3) is 0 Å². The Bertz CT molecular complexity index is 353. The van der Waals surface area contributed by atoms with Crippen LogP contribution in [0.4, 0.5) is 10.5 Å². The molecule has 1 rings (SSSR count). The van der Waals surface area contributed by atoms with E-state index in [1.807, 2.05) is 0 Å². The molecule has 0 aliphatic rings. The van der Waals surface area contributed by atoms with Crippen molar-refractivity contribution < 1.29 is 14.3 Å². The van der Waals surface area contributed by atoms with Gasteiger partial charge in [-0.05, 0) is 23.7 Å². The Balaban J connectivity index is 2.84. The van der Waals surface area contributed by atoms with Crippen LogP contribution >= 0.6 is 11.6 Å². The minimum atomic E-state index is -0.716. The van der Waals surface area contributed by atoms with E-state index in [1.165, 1.54) is 7.11 Å². The van der Waals surface area contributed by atoms with E-state index < -0.39 is 11.3 Å². The lowest BCUT2D eigenvalue weighted by Gasteiger charge is -2.17. The molecule has 0 aliphatic heterocycles. The van der Waals surface area contributed by atoms with Crippen molar-refractivity contribution in [3.05, 3.63) is 30.3 Å². The normalized spacial score (nSPS) is 9.47. The van der Waals surface area contributed by atoms with E-state index in [-0.39, 0.29) is 6.54 Å². The Morgan fingerprint density at radius 3 is 2.40 bits per heavy atom. The van der Waals surface area contributed by atoms with E-state index in [1.54, 1.807) is 30.3 Å². The predicted molar refractivity (Wildman–Crippen MR) is 57.1 cm³/mol. The van der Waals surface area contributed by atoms with Crippen LogP contribution in [0.15, 0.2) is 30.3 Å². The van der Waals surface area contributed by atoms with Crippen LogP contribution in [0, 0.1) is 0 Å². The van der Waals surface area contributed by atoms with E-state index in [0.717, 1.165) is 4.90 Å². The largest absolute Gasteiger partial charge is 0.468 e. The fourth-order valence-corrected chi connectivity index (χ4v) is 1.21. The second-order valence-corrected chi connectivity index (χ2v) is 3.07. The van der Waals surface area contributed by atoms with Gasteiger partial charge in [-0.3, -0.25) is 14.5 Å². The third-order valence-corrected chi connectivity index (χ3v) is 2.00. The molecule has 1 amide bonds. The van der Waals surface area contributed by atoms with Crippen LogP contribution in [0.2, 0.25) is 0 Å². The second kappa shape index (κ2) is 5.36. The van der Waals surface area contributed by atoms with E-state index in [0.29, 0.717) is 5.69 Å². The Labute approximate surface area is 92.4 Å². The summed E-state index contributed by atoms with van der Waals surface area (Å²) in [7, 11) is 1.25. The average molecular weight is 228 g/mol. The zero-order valence-electron chi connectivity index (χ0n) is 8.14. The molecule has 0 fully saturated rings. The molecule has 0 aliphatic carbocycles. The summed E-state index contributed by atoms with van der Waals surface area (Å²) in [6.45, 7) is -0.192. The number of rotatable bonds is 3. The first-order chi connectivity index (χ1) is 7.15. The molecule has 0 saturated carbocycles. The minimum Gasteiger partial charge on any atom is -0.468 e. The highest BCUT2D eigenvalue weighted by molar-refractivity contribution is 6.66. The number of hydrogen-bond acceptors (Lipinski definition) is 3. The zero-order valence-corrected chi connectivity index (χ0v) is 8.90. The number of ether oxygens (including phenoxy) is 1. The molecule has 0 atom stereocenters. The standard InChI is InChI=1S/C10H10ClNO3/c1-15-9(13)7-12(10(11)14)8-5-3-2-4-6-8/h2-6H,7H2,1H3. The molecule has 0 radical (unpaired) electrons. The van der Waals surface area contributed by atoms with Gasteiger partial charge in [-0.2, -0.15) is 0 Å². The highest BCUT2D eigenvalue weighted by Crippen LogP contribution is 2.15. The minimum absolute atomic E-state index is 0.192. The number of benzene rings is 1. The highest BCUT2D eigenvalue weighted by Gasteiger charge is 2.16. The molecule has 0 N–H and O–H groups in total. The number of amides is 1. The zero-order chi connectivity index (χ0) is 11.3. The van der Waals surface area contributed by atoms with Crippen LogP contribution < -0.4 is 4.90 Å². The second-order valence-electron chi connectivity index (χ2n) is 2.75. The summed E-state index contributed by atoms with van der Waals surface area (Å²) in [5.74, 6) is -0.521. The Hall–Kier alpha value is -1.55. The van der Waals surface area contributed by atoms with Crippen LogP contribution in [0.3, 0.4) is 0 Å². The van der Waals surface area contributed by atoms with Crippen molar-refractivity contribution in [2.24, 2.45) is 0 Å². The van der Waals surface area contributed by atoms with Gasteiger partial charge >= 0.3 is 11.3 Å². The highest BCUT2D eigenvalue weighted by atomic mass is 35.5. The first-order valence-corrected chi connectivity index (χ1v) is 4.62. The Kier molecular flexibility index (Phi) is 4.12. The van der Waals surface area contributed by atoms with Gasteiger partial charge in [-0.1, -0.05) is 18.2 Å². The van der Waals surface area contributed by atoms with Crippen molar-refractivity contribution in [2.45, 2.75) is 0 Å². The molecular formula is C10H10ClNO3. The first-order valence-electron chi connectivity index (χ1n) is 4.24. The van der Waals surface area contributed by atoms with Crippen molar-refractivity contribution in [1.82, 2.24) is 0 Å². The van der Waals surface area contributed by atoms with Crippen molar-refractivity contribution in [3.63, 3.8) is 0 Å². The van der Waals surface area contributed by atoms with Crippen LogP contribution in [-0.4, -0.2) is 25.0 Å². The van der Waals surface area contributed by atoms with Crippen LogP contribution in [0.25, 0.3) is 0 Å². The summed E-state index contributed by atoms with van der Waals surface area (Å²) in [5.41, 5.74) is 0.558. The molecule has 1 aromatic rings. The molecule has 0 saturated heterocycles. The quantitative estimate of drug-likeness (QED) is 0.451. The third-order valence-electron chi connectivity index (χ3n) is 1.79. The molecule has 0 spiro atoms. The van der Waals surface area contributed by atoms with Crippen LogP contribution in [0.1, 0.15) is 0 Å². The summed E-state index contributed by atoms with van der Waals surface area (Å²) in [4.78, 5) is 23.2. The maximum absolute atomic E-state index is 11.1. The number of methoxy groups -OCH3 is 1. The summed E-state index contributed by atoms with van der Waals surface area (Å²) in [5, 5.41) is -0.716. The molecule has 0 bridgehead atoms. The molecule has 5 heteroatoms. The lowest BCUT2D eigenvalue weighted by Crippen LogP contribution is -2.32. The lowest BCUT2D eigenvalue weighted by molar-refractivity contribution is -0.138. The Morgan fingerprint density at radius 1 is 1.33 bits per heavy atom. The molecule has 4 nitrogen and oxygen atoms in total. The number of anilines is 1. The SMILES string of the molecule is COC(=O)CN(C(=O)Cl)c1ccccc1. The molecule has 0 heterocycles. The maximum Gasteiger partial charge on any atom is 0.325 e. The summed E-state index contributed by atoms with van der Waals surface area (Å²) in [6.07, 6.45) is 0. The first kappa shape index (κ1) is 11.5. The number of hydrogen-bond donors (Lipinski definition) is 0. The van der Waals surface area contributed by atoms with Gasteiger partial charge in [0.15, 0.2) is 0 Å². The van der Waals surface area contributed by atoms with E-state index >= 15 is 0 Å². The van der Waals surface area contributed by atoms with Crippen LogP contribution in [-0.2, 0) is 9.53 Å². The van der Waals surface area contributed by atoms with Gasteiger partial charge in [0.1, 0.15) is 6.54 Å². The fraction of sp³-hybridized carbons (Fsp3) is 0.200. The smallest absolute Gasteiger partial charge is 0.325 e. The lowest BCUT2D eigenvalue weighted by atomic mass is 10.3. The molecule has 0 aromatic heterocycles. The van der Waals surface area contributed by atoms with Crippen molar-refractivity contribution in [2.75, 3.05) is 18.6 Å². The third kappa shape index (κ3) is 3.25. The molecule has 15 heavy (non-hydrogen) atoms. The van der Waals surface area contributed by atoms with Crippen molar-refractivity contribution >= 4 is 28.6 Å². The van der Waals surface area contributed by atoms with Gasteiger partial charge in [-0.15, -0.1) is 0 Å².